The number of fused-ring (bicyclic) bond motifs is 1. The fraction of sp³-hybridized carbons (Fsp3) is 0.417. The van der Waals surface area contributed by atoms with Crippen LogP contribution >= 0.6 is 11.3 Å². The molecule has 2 aromatic rings. The first-order chi connectivity index (χ1) is 8.31. The van der Waals surface area contributed by atoms with Crippen molar-refractivity contribution in [3.8, 4) is 0 Å². The van der Waals surface area contributed by atoms with E-state index in [1.165, 1.54) is 4.70 Å². The lowest BCUT2D eigenvalue weighted by atomic mass is 10.1. The van der Waals surface area contributed by atoms with Gasteiger partial charge in [-0.15, -0.1) is 11.3 Å². The number of para-hydroxylation sites is 1. The fourth-order valence-corrected chi connectivity index (χ4v) is 4.52. The number of thiazole rings is 1. The Morgan fingerprint density at radius 3 is 2.94 bits per heavy atom. The lowest BCUT2D eigenvalue weighted by molar-refractivity contribution is 0.382. The zero-order valence-electron chi connectivity index (χ0n) is 9.39. The van der Waals surface area contributed by atoms with Crippen molar-refractivity contribution in [2.45, 2.75) is 5.75 Å². The molecule has 1 fully saturated rings. The van der Waals surface area contributed by atoms with E-state index in [9.17, 15) is 4.21 Å². The molecule has 0 saturated carbocycles. The van der Waals surface area contributed by atoms with E-state index in [-0.39, 0.29) is 0 Å². The summed E-state index contributed by atoms with van der Waals surface area (Å²) in [6.45, 7) is 2.04. The summed E-state index contributed by atoms with van der Waals surface area (Å²) in [5, 5.41) is 4.20. The Bertz CT molecular complexity index is 515. The minimum Gasteiger partial charge on any atom is -0.316 e. The Kier molecular flexibility index (Phi) is 3.22. The topological polar surface area (TPSA) is 42.0 Å². The molecule has 0 bridgehead atoms. The highest BCUT2D eigenvalue weighted by molar-refractivity contribution is 7.84. The first kappa shape index (κ1) is 11.3. The maximum atomic E-state index is 11.9. The van der Waals surface area contributed by atoms with Crippen LogP contribution in [0.3, 0.4) is 0 Å². The largest absolute Gasteiger partial charge is 0.316 e. The highest BCUT2D eigenvalue weighted by atomic mass is 32.2. The van der Waals surface area contributed by atoms with E-state index in [1.54, 1.807) is 11.3 Å². The van der Waals surface area contributed by atoms with Gasteiger partial charge < -0.3 is 5.32 Å². The van der Waals surface area contributed by atoms with Gasteiger partial charge in [-0.1, -0.05) is 12.1 Å². The van der Waals surface area contributed by atoms with Crippen LogP contribution in [0.2, 0.25) is 0 Å². The first-order valence-corrected chi connectivity index (χ1v) is 8.02. The average molecular weight is 266 g/mol. The Morgan fingerprint density at radius 2 is 2.24 bits per heavy atom. The minimum atomic E-state index is -0.768. The Balaban J connectivity index is 1.69. The second kappa shape index (κ2) is 4.84. The predicted molar refractivity (Wildman–Crippen MR) is 72.7 cm³/mol. The fourth-order valence-electron chi connectivity index (χ4n) is 1.91. The van der Waals surface area contributed by atoms with Gasteiger partial charge in [0.2, 0.25) is 0 Å². The molecule has 0 aliphatic carbocycles. The van der Waals surface area contributed by atoms with Gasteiger partial charge in [-0.2, -0.15) is 0 Å². The molecule has 0 radical (unpaired) electrons. The van der Waals surface area contributed by atoms with E-state index in [2.05, 4.69) is 16.4 Å². The second-order valence-electron chi connectivity index (χ2n) is 4.35. The van der Waals surface area contributed by atoms with E-state index in [0.29, 0.717) is 11.7 Å². The molecule has 90 valence electrons. The van der Waals surface area contributed by atoms with Gasteiger partial charge >= 0.3 is 0 Å². The van der Waals surface area contributed by atoms with Crippen molar-refractivity contribution in [3.05, 3.63) is 29.3 Å². The summed E-state index contributed by atoms with van der Waals surface area (Å²) >= 11 is 1.66. The summed E-state index contributed by atoms with van der Waals surface area (Å²) < 4.78 is 13.1. The number of hydrogen-bond donors (Lipinski definition) is 1. The van der Waals surface area contributed by atoms with E-state index in [0.717, 1.165) is 29.4 Å². The third-order valence-corrected chi connectivity index (χ3v) is 5.57. The summed E-state index contributed by atoms with van der Waals surface area (Å²) in [4.78, 5) is 4.51. The van der Waals surface area contributed by atoms with Crippen LogP contribution in [0.25, 0.3) is 10.2 Å². The third kappa shape index (κ3) is 2.56. The van der Waals surface area contributed by atoms with Gasteiger partial charge in [0, 0.05) is 29.6 Å². The summed E-state index contributed by atoms with van der Waals surface area (Å²) in [6, 6.07) is 8.08. The van der Waals surface area contributed by atoms with Crippen LogP contribution in [0.5, 0.6) is 0 Å². The monoisotopic (exact) mass is 266 g/mol. The molecule has 17 heavy (non-hydrogen) atoms. The Hall–Kier alpha value is -0.780. The molecule has 3 nitrogen and oxygen atoms in total. The molecule has 3 rings (SSSR count). The molecular weight excluding hydrogens is 252 g/mol. The van der Waals surface area contributed by atoms with Crippen LogP contribution in [0.15, 0.2) is 24.3 Å². The minimum absolute atomic E-state index is 0.602. The van der Waals surface area contributed by atoms with Crippen molar-refractivity contribution in [1.29, 1.82) is 0 Å². The summed E-state index contributed by atoms with van der Waals surface area (Å²) in [6.07, 6.45) is 0. The van der Waals surface area contributed by atoms with Gasteiger partial charge in [0.15, 0.2) is 0 Å². The summed E-state index contributed by atoms with van der Waals surface area (Å²) in [5.41, 5.74) is 1.02. The highest BCUT2D eigenvalue weighted by Crippen LogP contribution is 2.22. The van der Waals surface area contributed by atoms with Gasteiger partial charge in [-0.05, 0) is 18.1 Å². The number of aromatic nitrogens is 1. The molecule has 2 heterocycles. The van der Waals surface area contributed by atoms with Crippen LogP contribution in [0.4, 0.5) is 0 Å². The van der Waals surface area contributed by atoms with E-state index in [4.69, 9.17) is 0 Å². The number of nitrogens with one attached hydrogen (secondary N) is 1. The van der Waals surface area contributed by atoms with Gasteiger partial charge in [0.25, 0.3) is 0 Å². The van der Waals surface area contributed by atoms with Crippen LogP contribution in [-0.4, -0.2) is 28.0 Å². The van der Waals surface area contributed by atoms with Crippen molar-refractivity contribution in [2.24, 2.45) is 5.92 Å². The molecule has 1 aliphatic rings. The maximum absolute atomic E-state index is 11.9. The lowest BCUT2D eigenvalue weighted by Gasteiger charge is -2.26. The summed E-state index contributed by atoms with van der Waals surface area (Å²) in [7, 11) is -0.768. The number of rotatable bonds is 4. The lowest BCUT2D eigenvalue weighted by Crippen LogP contribution is -2.44. The van der Waals surface area contributed by atoms with Gasteiger partial charge in [0.1, 0.15) is 5.01 Å². The Labute approximate surface area is 107 Å². The molecule has 1 aromatic heterocycles. The van der Waals surface area contributed by atoms with Crippen molar-refractivity contribution in [1.82, 2.24) is 10.3 Å². The molecule has 1 atom stereocenters. The molecule has 1 unspecified atom stereocenters. The summed E-state index contributed by atoms with van der Waals surface area (Å²) in [5.74, 6) is 2.02. The van der Waals surface area contributed by atoms with Crippen LogP contribution in [0, 0.1) is 5.92 Å². The van der Waals surface area contributed by atoms with Gasteiger partial charge in [0.05, 0.1) is 16.0 Å². The zero-order valence-corrected chi connectivity index (χ0v) is 11.0. The maximum Gasteiger partial charge on any atom is 0.106 e. The van der Waals surface area contributed by atoms with Crippen LogP contribution < -0.4 is 5.32 Å². The Morgan fingerprint density at radius 1 is 1.41 bits per heavy atom. The molecule has 5 heteroatoms. The zero-order chi connectivity index (χ0) is 11.7. The second-order valence-corrected chi connectivity index (χ2v) is 6.97. The molecule has 0 spiro atoms. The van der Waals surface area contributed by atoms with Crippen molar-refractivity contribution >= 4 is 32.4 Å². The molecule has 1 aromatic carbocycles. The molecule has 0 amide bonds. The van der Waals surface area contributed by atoms with Crippen LogP contribution in [0.1, 0.15) is 5.01 Å². The third-order valence-electron chi connectivity index (χ3n) is 2.91. The quantitative estimate of drug-likeness (QED) is 0.917. The smallest absolute Gasteiger partial charge is 0.106 e. The van der Waals surface area contributed by atoms with Gasteiger partial charge in [-0.25, -0.2) is 4.98 Å². The van der Waals surface area contributed by atoms with E-state index >= 15 is 0 Å². The number of nitrogens with zero attached hydrogens (tertiary/aromatic N) is 1. The van der Waals surface area contributed by atoms with Crippen molar-refractivity contribution in [2.75, 3.05) is 18.8 Å². The standard InChI is InChI=1S/C12H14N2OS2/c15-17(7-9-5-13-6-9)8-12-14-10-3-1-2-4-11(10)16-12/h1-4,9,13H,5-8H2. The SMILES string of the molecule is O=S(Cc1nc2ccccc2s1)CC1CNC1. The molecule has 1 saturated heterocycles. The van der Waals surface area contributed by atoms with Gasteiger partial charge in [-0.3, -0.25) is 4.21 Å². The highest BCUT2D eigenvalue weighted by Gasteiger charge is 2.20. The predicted octanol–water partition coefficient (Wildman–Crippen LogP) is 1.76. The number of hydrogen-bond acceptors (Lipinski definition) is 4. The van der Waals surface area contributed by atoms with Crippen molar-refractivity contribution < 1.29 is 4.21 Å². The number of benzene rings is 1. The van der Waals surface area contributed by atoms with E-state index in [1.807, 2.05) is 18.2 Å². The molecule has 1 N–H and O–H groups in total. The normalized spacial score (nSPS) is 18.1. The molecule has 1 aliphatic heterocycles. The van der Waals surface area contributed by atoms with Crippen LogP contribution in [-0.2, 0) is 16.6 Å². The van der Waals surface area contributed by atoms with Crippen molar-refractivity contribution in [3.63, 3.8) is 0 Å². The average Bonchev–Trinajstić information content (AvgIpc) is 2.65. The first-order valence-electron chi connectivity index (χ1n) is 5.71. The molecular formula is C12H14N2OS2. The van der Waals surface area contributed by atoms with E-state index < -0.39 is 10.8 Å².